The van der Waals surface area contributed by atoms with E-state index in [9.17, 15) is 14.4 Å². The molecule has 1 aliphatic heterocycles. The molecule has 0 unspecified atom stereocenters. The molecule has 1 atom stereocenters. The number of carbonyl (C=O) groups is 3. The molecule has 1 aromatic carbocycles. The van der Waals surface area contributed by atoms with Gasteiger partial charge in [-0.05, 0) is 52.3 Å². The summed E-state index contributed by atoms with van der Waals surface area (Å²) < 4.78 is 0. The molecule has 1 saturated heterocycles. The van der Waals surface area contributed by atoms with Crippen LogP contribution in [0.5, 0.6) is 0 Å². The molecule has 1 heterocycles. The first-order chi connectivity index (χ1) is 12.1. The molecule has 1 aromatic rings. The summed E-state index contributed by atoms with van der Waals surface area (Å²) in [5.41, 5.74) is -0.230. The third-order valence-corrected chi connectivity index (χ3v) is 4.56. The number of hydrogen-bond donors (Lipinski definition) is 1. The summed E-state index contributed by atoms with van der Waals surface area (Å²) in [6, 6.07) is 7.80. The Morgan fingerprint density at radius 2 is 1.73 bits per heavy atom. The van der Waals surface area contributed by atoms with Gasteiger partial charge in [-0.1, -0.05) is 12.1 Å². The van der Waals surface area contributed by atoms with E-state index in [-0.39, 0.29) is 24.5 Å². The van der Waals surface area contributed by atoms with E-state index in [1.807, 2.05) is 33.8 Å². The molecular formula is C19H24N4O3. The first kappa shape index (κ1) is 19.4. The van der Waals surface area contributed by atoms with Crippen molar-refractivity contribution in [2.24, 2.45) is 0 Å². The molecule has 0 aromatic heterocycles. The normalized spacial score (nSPS) is 19.7. The standard InChI is InChI=1S/C19H24N4O3/c1-12(2)23(13(3)4)16(24)11-22-17(25)19(5,21-18(22)26)15-8-6-14(10-20)7-9-15/h6-9,12-13H,11H2,1-5H3,(H,21,26)/t19-/m1/s1. The molecule has 0 aliphatic carbocycles. The van der Waals surface area contributed by atoms with Gasteiger partial charge >= 0.3 is 6.03 Å². The molecule has 1 fully saturated rings. The van der Waals surface area contributed by atoms with Gasteiger partial charge in [-0.15, -0.1) is 0 Å². The van der Waals surface area contributed by atoms with Gasteiger partial charge in [-0.3, -0.25) is 14.5 Å². The number of benzene rings is 1. The molecule has 138 valence electrons. The quantitative estimate of drug-likeness (QED) is 0.816. The Labute approximate surface area is 153 Å². The van der Waals surface area contributed by atoms with Gasteiger partial charge in [-0.2, -0.15) is 5.26 Å². The minimum absolute atomic E-state index is 0.0341. The molecule has 1 N–H and O–H groups in total. The highest BCUT2D eigenvalue weighted by Gasteiger charge is 2.49. The maximum absolute atomic E-state index is 12.9. The van der Waals surface area contributed by atoms with Gasteiger partial charge in [0.1, 0.15) is 12.1 Å². The van der Waals surface area contributed by atoms with E-state index in [4.69, 9.17) is 5.26 Å². The van der Waals surface area contributed by atoms with E-state index in [0.29, 0.717) is 11.1 Å². The summed E-state index contributed by atoms with van der Waals surface area (Å²) in [7, 11) is 0. The van der Waals surface area contributed by atoms with E-state index in [2.05, 4.69) is 5.32 Å². The number of hydrogen-bond acceptors (Lipinski definition) is 4. The Hall–Kier alpha value is -2.88. The van der Waals surface area contributed by atoms with Crippen LogP contribution in [0, 0.1) is 11.3 Å². The van der Waals surface area contributed by atoms with Gasteiger partial charge in [0.25, 0.3) is 5.91 Å². The molecule has 1 aliphatic rings. The van der Waals surface area contributed by atoms with Crippen molar-refractivity contribution in [3.63, 3.8) is 0 Å². The molecule has 0 spiro atoms. The van der Waals surface area contributed by atoms with Crippen LogP contribution in [0.15, 0.2) is 24.3 Å². The van der Waals surface area contributed by atoms with Gasteiger partial charge < -0.3 is 10.2 Å². The minimum atomic E-state index is -1.26. The molecule has 26 heavy (non-hydrogen) atoms. The van der Waals surface area contributed by atoms with Crippen LogP contribution in [0.4, 0.5) is 4.79 Å². The number of amides is 4. The third-order valence-electron chi connectivity index (χ3n) is 4.56. The zero-order valence-corrected chi connectivity index (χ0v) is 15.7. The lowest BCUT2D eigenvalue weighted by molar-refractivity contribution is -0.141. The fraction of sp³-hybridized carbons (Fsp3) is 0.474. The van der Waals surface area contributed by atoms with E-state index < -0.39 is 17.5 Å². The maximum Gasteiger partial charge on any atom is 0.325 e. The molecule has 7 heteroatoms. The van der Waals surface area contributed by atoms with Crippen LogP contribution in [0.25, 0.3) is 0 Å². The number of carbonyl (C=O) groups excluding carboxylic acids is 3. The average molecular weight is 356 g/mol. The van der Waals surface area contributed by atoms with Crippen molar-refractivity contribution in [1.82, 2.24) is 15.1 Å². The summed E-state index contributed by atoms with van der Waals surface area (Å²) in [4.78, 5) is 40.5. The predicted molar refractivity (Wildman–Crippen MR) is 95.9 cm³/mol. The second kappa shape index (κ2) is 7.16. The number of imide groups is 1. The van der Waals surface area contributed by atoms with E-state index in [1.54, 1.807) is 36.1 Å². The highest BCUT2D eigenvalue weighted by atomic mass is 16.2. The smallest absolute Gasteiger partial charge is 0.325 e. The van der Waals surface area contributed by atoms with Crippen molar-refractivity contribution >= 4 is 17.8 Å². The van der Waals surface area contributed by atoms with Crippen LogP contribution in [0.2, 0.25) is 0 Å². The van der Waals surface area contributed by atoms with Gasteiger partial charge in [-0.25, -0.2) is 4.79 Å². The maximum atomic E-state index is 12.9. The fourth-order valence-electron chi connectivity index (χ4n) is 3.30. The molecule has 4 amide bonds. The molecule has 2 rings (SSSR count). The zero-order chi connectivity index (χ0) is 19.6. The van der Waals surface area contributed by atoms with Crippen LogP contribution in [-0.4, -0.2) is 46.3 Å². The largest absolute Gasteiger partial charge is 0.336 e. The van der Waals surface area contributed by atoms with Crippen molar-refractivity contribution in [2.45, 2.75) is 52.2 Å². The van der Waals surface area contributed by atoms with Crippen molar-refractivity contribution in [3.8, 4) is 6.07 Å². The van der Waals surface area contributed by atoms with Crippen molar-refractivity contribution < 1.29 is 14.4 Å². The first-order valence-corrected chi connectivity index (χ1v) is 8.57. The SMILES string of the molecule is CC(C)N(C(=O)CN1C(=O)N[C@](C)(c2ccc(C#N)cc2)C1=O)C(C)C. The number of rotatable bonds is 5. The van der Waals surface area contributed by atoms with E-state index in [1.165, 1.54) is 0 Å². The fourth-order valence-corrected chi connectivity index (χ4v) is 3.30. The molecule has 0 radical (unpaired) electrons. The number of nitriles is 1. The average Bonchev–Trinajstić information content (AvgIpc) is 2.78. The molecule has 0 saturated carbocycles. The second-order valence-corrected chi connectivity index (χ2v) is 7.12. The van der Waals surface area contributed by atoms with Crippen LogP contribution in [-0.2, 0) is 15.1 Å². The molecule has 7 nitrogen and oxygen atoms in total. The van der Waals surface area contributed by atoms with Gasteiger partial charge in [0.05, 0.1) is 11.6 Å². The predicted octanol–water partition coefficient (Wildman–Crippen LogP) is 1.97. The van der Waals surface area contributed by atoms with Crippen LogP contribution in [0.3, 0.4) is 0 Å². The highest BCUT2D eigenvalue weighted by Crippen LogP contribution is 2.29. The van der Waals surface area contributed by atoms with Gasteiger partial charge in [0, 0.05) is 12.1 Å². The van der Waals surface area contributed by atoms with Crippen molar-refractivity contribution in [2.75, 3.05) is 6.54 Å². The summed E-state index contributed by atoms with van der Waals surface area (Å²) in [5, 5.41) is 11.6. The summed E-state index contributed by atoms with van der Waals surface area (Å²) in [6.45, 7) is 8.87. The van der Waals surface area contributed by atoms with Crippen molar-refractivity contribution in [1.29, 1.82) is 5.26 Å². The Balaban J connectivity index is 2.25. The minimum Gasteiger partial charge on any atom is -0.336 e. The zero-order valence-electron chi connectivity index (χ0n) is 15.7. The topological polar surface area (TPSA) is 93.5 Å². The lowest BCUT2D eigenvalue weighted by Gasteiger charge is -2.32. The van der Waals surface area contributed by atoms with E-state index >= 15 is 0 Å². The Bertz CT molecular complexity index is 756. The molecule has 0 bridgehead atoms. The van der Waals surface area contributed by atoms with Crippen LogP contribution >= 0.6 is 0 Å². The Morgan fingerprint density at radius 1 is 1.19 bits per heavy atom. The van der Waals surface area contributed by atoms with Crippen LogP contribution < -0.4 is 5.32 Å². The first-order valence-electron chi connectivity index (χ1n) is 8.57. The summed E-state index contributed by atoms with van der Waals surface area (Å²) in [6.07, 6.45) is 0. The number of nitrogens with zero attached hydrogens (tertiary/aromatic N) is 3. The van der Waals surface area contributed by atoms with Gasteiger partial charge in [0.15, 0.2) is 0 Å². The third kappa shape index (κ3) is 3.40. The molecular weight excluding hydrogens is 332 g/mol. The number of nitrogens with one attached hydrogen (secondary N) is 1. The number of urea groups is 1. The lowest BCUT2D eigenvalue weighted by Crippen LogP contribution is -2.49. The highest BCUT2D eigenvalue weighted by molar-refractivity contribution is 6.09. The summed E-state index contributed by atoms with van der Waals surface area (Å²) >= 11 is 0. The second-order valence-electron chi connectivity index (χ2n) is 7.12. The van der Waals surface area contributed by atoms with Crippen molar-refractivity contribution in [3.05, 3.63) is 35.4 Å². The Kier molecular flexibility index (Phi) is 5.36. The van der Waals surface area contributed by atoms with E-state index in [0.717, 1.165) is 4.90 Å². The monoisotopic (exact) mass is 356 g/mol. The van der Waals surface area contributed by atoms with Gasteiger partial charge in [0.2, 0.25) is 5.91 Å². The summed E-state index contributed by atoms with van der Waals surface area (Å²) in [5.74, 6) is -0.754. The Morgan fingerprint density at radius 3 is 2.19 bits per heavy atom. The lowest BCUT2D eigenvalue weighted by atomic mass is 9.91. The van der Waals surface area contributed by atoms with Crippen LogP contribution in [0.1, 0.15) is 45.7 Å².